The molecule has 0 saturated carbocycles. The smallest absolute Gasteiger partial charge is 0.221 e. The molecular weight excluding hydrogens is 338 g/mol. The third kappa shape index (κ3) is 5.61. The number of ether oxygens (including phenoxy) is 2. The van der Waals surface area contributed by atoms with Crippen molar-refractivity contribution >= 4 is 11.6 Å². The first-order valence-electron chi connectivity index (χ1n) is 8.98. The Morgan fingerprint density at radius 1 is 0.852 bits per heavy atom. The summed E-state index contributed by atoms with van der Waals surface area (Å²) in [4.78, 5) is 11.1. The minimum atomic E-state index is -0.0832. The van der Waals surface area contributed by atoms with Gasteiger partial charge in [-0.3, -0.25) is 4.79 Å². The van der Waals surface area contributed by atoms with Gasteiger partial charge in [0.25, 0.3) is 0 Å². The average Bonchev–Trinajstić information content (AvgIpc) is 2.68. The van der Waals surface area contributed by atoms with Gasteiger partial charge in [0.05, 0.1) is 0 Å². The Bertz CT molecular complexity index is 886. The minimum absolute atomic E-state index is 0.0832. The summed E-state index contributed by atoms with van der Waals surface area (Å²) in [6.07, 6.45) is 1.01. The first-order chi connectivity index (χ1) is 13.1. The molecule has 0 radical (unpaired) electrons. The molecule has 0 aromatic heterocycles. The van der Waals surface area contributed by atoms with Crippen LogP contribution >= 0.6 is 0 Å². The van der Waals surface area contributed by atoms with Crippen molar-refractivity contribution in [3.8, 4) is 17.2 Å². The van der Waals surface area contributed by atoms with E-state index in [1.165, 1.54) is 12.5 Å². The quantitative estimate of drug-likeness (QED) is 0.598. The first-order valence-corrected chi connectivity index (χ1v) is 8.98. The summed E-state index contributed by atoms with van der Waals surface area (Å²) in [5.41, 5.74) is 3.07. The maximum atomic E-state index is 11.1. The minimum Gasteiger partial charge on any atom is -0.489 e. The van der Waals surface area contributed by atoms with Crippen molar-refractivity contribution < 1.29 is 14.3 Å². The maximum Gasteiger partial charge on any atom is 0.221 e. The summed E-state index contributed by atoms with van der Waals surface area (Å²) in [6, 6.07) is 23.3. The van der Waals surface area contributed by atoms with Crippen LogP contribution in [0, 0.1) is 0 Å². The normalized spacial score (nSPS) is 10.3. The lowest BCUT2D eigenvalue weighted by atomic mass is 10.2. The van der Waals surface area contributed by atoms with Crippen LogP contribution in [0.3, 0.4) is 0 Å². The SMILES string of the molecule is CCc1ccc(Oc2cccc(OCc3ccc(NC(C)=O)cc3)c2)cc1. The molecule has 0 spiro atoms. The highest BCUT2D eigenvalue weighted by Crippen LogP contribution is 2.26. The van der Waals surface area contributed by atoms with Gasteiger partial charge in [-0.25, -0.2) is 0 Å². The van der Waals surface area contributed by atoms with E-state index >= 15 is 0 Å². The van der Waals surface area contributed by atoms with Gasteiger partial charge in [0.2, 0.25) is 5.91 Å². The van der Waals surface area contributed by atoms with Gasteiger partial charge in [-0.15, -0.1) is 0 Å². The molecule has 0 atom stereocenters. The van der Waals surface area contributed by atoms with Gasteiger partial charge in [-0.1, -0.05) is 37.3 Å². The summed E-state index contributed by atoms with van der Waals surface area (Å²) in [5, 5.41) is 2.75. The van der Waals surface area contributed by atoms with Crippen LogP contribution in [-0.4, -0.2) is 5.91 Å². The van der Waals surface area contributed by atoms with E-state index in [1.807, 2.05) is 60.7 Å². The number of rotatable bonds is 7. The Morgan fingerprint density at radius 3 is 2.19 bits per heavy atom. The summed E-state index contributed by atoms with van der Waals surface area (Å²) in [5.74, 6) is 2.19. The van der Waals surface area contributed by atoms with Gasteiger partial charge in [0.15, 0.2) is 0 Å². The second-order valence-corrected chi connectivity index (χ2v) is 6.24. The lowest BCUT2D eigenvalue weighted by Crippen LogP contribution is -2.05. The Labute approximate surface area is 159 Å². The zero-order chi connectivity index (χ0) is 19.1. The lowest BCUT2D eigenvalue weighted by molar-refractivity contribution is -0.114. The highest BCUT2D eigenvalue weighted by Gasteiger charge is 2.02. The highest BCUT2D eigenvalue weighted by atomic mass is 16.5. The van der Waals surface area contributed by atoms with E-state index in [4.69, 9.17) is 9.47 Å². The molecule has 4 nitrogen and oxygen atoms in total. The third-order valence-corrected chi connectivity index (χ3v) is 4.05. The second kappa shape index (κ2) is 8.90. The molecule has 3 rings (SSSR count). The van der Waals surface area contributed by atoms with E-state index in [-0.39, 0.29) is 5.91 Å². The van der Waals surface area contributed by atoms with Crippen molar-refractivity contribution in [3.63, 3.8) is 0 Å². The molecule has 0 fully saturated rings. The van der Waals surface area contributed by atoms with E-state index in [9.17, 15) is 4.79 Å². The fraction of sp³-hybridized carbons (Fsp3) is 0.174. The van der Waals surface area contributed by atoms with Gasteiger partial charge in [0.1, 0.15) is 23.9 Å². The van der Waals surface area contributed by atoms with E-state index < -0.39 is 0 Å². The number of amides is 1. The molecule has 0 unspecified atom stereocenters. The van der Waals surface area contributed by atoms with Gasteiger partial charge >= 0.3 is 0 Å². The van der Waals surface area contributed by atoms with Crippen molar-refractivity contribution in [2.24, 2.45) is 0 Å². The average molecular weight is 361 g/mol. The summed E-state index contributed by atoms with van der Waals surface area (Å²) >= 11 is 0. The Kier molecular flexibility index (Phi) is 6.10. The molecule has 3 aromatic carbocycles. The maximum absolute atomic E-state index is 11.1. The first kappa shape index (κ1) is 18.5. The van der Waals surface area contributed by atoms with E-state index in [0.717, 1.165) is 34.9 Å². The zero-order valence-electron chi connectivity index (χ0n) is 15.6. The predicted octanol–water partition coefficient (Wildman–Crippen LogP) is 5.58. The van der Waals surface area contributed by atoms with Gasteiger partial charge < -0.3 is 14.8 Å². The van der Waals surface area contributed by atoms with Crippen LogP contribution in [0.25, 0.3) is 0 Å². The zero-order valence-corrected chi connectivity index (χ0v) is 15.6. The highest BCUT2D eigenvalue weighted by molar-refractivity contribution is 5.88. The van der Waals surface area contributed by atoms with Crippen molar-refractivity contribution in [2.75, 3.05) is 5.32 Å². The lowest BCUT2D eigenvalue weighted by Gasteiger charge is -2.10. The number of anilines is 1. The monoisotopic (exact) mass is 361 g/mol. The van der Waals surface area contributed by atoms with Crippen molar-refractivity contribution in [2.45, 2.75) is 26.9 Å². The fourth-order valence-corrected chi connectivity index (χ4v) is 2.61. The van der Waals surface area contributed by atoms with Crippen LogP contribution in [0.2, 0.25) is 0 Å². The number of aryl methyl sites for hydroxylation is 1. The largest absolute Gasteiger partial charge is 0.489 e. The Hall–Kier alpha value is -3.27. The van der Waals surface area contributed by atoms with Gasteiger partial charge in [-0.05, 0) is 53.9 Å². The molecule has 1 amide bonds. The van der Waals surface area contributed by atoms with Crippen LogP contribution < -0.4 is 14.8 Å². The molecule has 0 aliphatic carbocycles. The van der Waals surface area contributed by atoms with Crippen molar-refractivity contribution in [1.82, 2.24) is 0 Å². The van der Waals surface area contributed by atoms with Crippen molar-refractivity contribution in [1.29, 1.82) is 0 Å². The molecule has 1 N–H and O–H groups in total. The van der Waals surface area contributed by atoms with Gasteiger partial charge in [-0.2, -0.15) is 0 Å². The molecule has 0 heterocycles. The van der Waals surface area contributed by atoms with Crippen molar-refractivity contribution in [3.05, 3.63) is 83.9 Å². The van der Waals surface area contributed by atoms with Crippen LogP contribution in [0.4, 0.5) is 5.69 Å². The van der Waals surface area contributed by atoms with Crippen LogP contribution in [-0.2, 0) is 17.8 Å². The molecule has 3 aromatic rings. The topological polar surface area (TPSA) is 47.6 Å². The summed E-state index contributed by atoms with van der Waals surface area (Å²) in [7, 11) is 0. The van der Waals surface area contributed by atoms with Crippen LogP contribution in [0.1, 0.15) is 25.0 Å². The van der Waals surface area contributed by atoms with Gasteiger partial charge in [0, 0.05) is 18.7 Å². The van der Waals surface area contributed by atoms with E-state index in [2.05, 4.69) is 24.4 Å². The third-order valence-electron chi connectivity index (χ3n) is 4.05. The molecule has 4 heteroatoms. The van der Waals surface area contributed by atoms with Crippen LogP contribution in [0.15, 0.2) is 72.8 Å². The number of hydrogen-bond acceptors (Lipinski definition) is 3. The number of nitrogens with one attached hydrogen (secondary N) is 1. The molecule has 0 aliphatic heterocycles. The number of carbonyl (C=O) groups excluding carboxylic acids is 1. The second-order valence-electron chi connectivity index (χ2n) is 6.24. The molecular formula is C23H23NO3. The summed E-state index contributed by atoms with van der Waals surface area (Å²) in [6.45, 7) is 4.06. The molecule has 0 saturated heterocycles. The van der Waals surface area contributed by atoms with E-state index in [1.54, 1.807) is 0 Å². The Morgan fingerprint density at radius 2 is 1.52 bits per heavy atom. The Balaban J connectivity index is 1.59. The fourth-order valence-electron chi connectivity index (χ4n) is 2.61. The molecule has 0 bridgehead atoms. The molecule has 0 aliphatic rings. The van der Waals surface area contributed by atoms with E-state index in [0.29, 0.717) is 6.61 Å². The summed E-state index contributed by atoms with van der Waals surface area (Å²) < 4.78 is 11.8. The number of benzene rings is 3. The molecule has 27 heavy (non-hydrogen) atoms. The molecule has 138 valence electrons. The predicted molar refractivity (Wildman–Crippen MR) is 107 cm³/mol. The standard InChI is InChI=1S/C23H23NO3/c1-3-18-9-13-21(14-10-18)27-23-6-4-5-22(15-23)26-16-19-7-11-20(12-8-19)24-17(2)25/h4-15H,3,16H2,1-2H3,(H,24,25). The number of hydrogen-bond donors (Lipinski definition) is 1. The van der Waals surface area contributed by atoms with Crippen LogP contribution in [0.5, 0.6) is 17.2 Å². The number of carbonyl (C=O) groups is 1.